The van der Waals surface area contributed by atoms with Crippen molar-refractivity contribution in [3.8, 4) is 23.0 Å². The zero-order valence-corrected chi connectivity index (χ0v) is 10.7. The summed E-state index contributed by atoms with van der Waals surface area (Å²) < 4.78 is 18.3. The smallest absolute Gasteiger partial charge is 0.276 e. The summed E-state index contributed by atoms with van der Waals surface area (Å²) in [6.07, 6.45) is 0. The normalized spacial score (nSPS) is 10.7. The number of anilines is 1. The third-order valence-corrected chi connectivity index (χ3v) is 2.85. The first kappa shape index (κ1) is 12.3. The molecule has 1 aromatic carbocycles. The van der Waals surface area contributed by atoms with Crippen molar-refractivity contribution in [3.63, 3.8) is 0 Å². The van der Waals surface area contributed by atoms with E-state index in [2.05, 4.69) is 15.1 Å². The second-order valence-electron chi connectivity index (χ2n) is 4.33. The quantitative estimate of drug-likeness (QED) is 0.774. The molecule has 0 unspecified atom stereocenters. The van der Waals surface area contributed by atoms with E-state index in [1.54, 1.807) is 31.2 Å². The van der Waals surface area contributed by atoms with Gasteiger partial charge in [0, 0.05) is 5.56 Å². The van der Waals surface area contributed by atoms with E-state index in [4.69, 9.17) is 10.3 Å². The second kappa shape index (κ2) is 4.73. The van der Waals surface area contributed by atoms with Crippen molar-refractivity contribution in [3.05, 3.63) is 47.8 Å². The highest BCUT2D eigenvalue weighted by Crippen LogP contribution is 2.24. The minimum Gasteiger partial charge on any atom is -0.384 e. The molecule has 0 spiro atoms. The van der Waals surface area contributed by atoms with E-state index >= 15 is 0 Å². The van der Waals surface area contributed by atoms with Crippen LogP contribution in [0.3, 0.4) is 0 Å². The minimum atomic E-state index is -0.299. The minimum absolute atomic E-state index is 0.274. The van der Waals surface area contributed by atoms with Crippen molar-refractivity contribution >= 4 is 5.82 Å². The Balaban J connectivity index is 2.02. The van der Waals surface area contributed by atoms with Crippen LogP contribution < -0.4 is 5.73 Å². The molecule has 2 N–H and O–H groups in total. The first-order valence-corrected chi connectivity index (χ1v) is 5.96. The summed E-state index contributed by atoms with van der Waals surface area (Å²) in [5, 5.41) is 3.89. The monoisotopic (exact) mass is 270 g/mol. The van der Waals surface area contributed by atoms with Gasteiger partial charge in [0.15, 0.2) is 0 Å². The van der Waals surface area contributed by atoms with E-state index in [-0.39, 0.29) is 11.7 Å². The van der Waals surface area contributed by atoms with Crippen molar-refractivity contribution in [1.29, 1.82) is 0 Å². The van der Waals surface area contributed by atoms with Gasteiger partial charge >= 0.3 is 0 Å². The number of benzene rings is 1. The Bertz CT molecular complexity index is 769. The highest BCUT2D eigenvalue weighted by Gasteiger charge is 2.13. The topological polar surface area (TPSA) is 77.8 Å². The number of aromatic nitrogens is 3. The maximum Gasteiger partial charge on any atom is 0.276 e. The molecule has 0 saturated heterocycles. The molecule has 0 radical (unpaired) electrons. The molecule has 20 heavy (non-hydrogen) atoms. The van der Waals surface area contributed by atoms with Crippen LogP contribution >= 0.6 is 0 Å². The van der Waals surface area contributed by atoms with E-state index in [1.165, 1.54) is 12.1 Å². The van der Waals surface area contributed by atoms with Crippen molar-refractivity contribution < 1.29 is 8.91 Å². The maximum absolute atomic E-state index is 13.1. The lowest BCUT2D eigenvalue weighted by Gasteiger charge is -1.99. The van der Waals surface area contributed by atoms with Crippen LogP contribution in [0.15, 0.2) is 40.9 Å². The number of halogens is 1. The molecule has 0 aliphatic carbocycles. The summed E-state index contributed by atoms with van der Waals surface area (Å²) in [5.41, 5.74) is 7.56. The molecule has 5 nitrogen and oxygen atoms in total. The third kappa shape index (κ3) is 2.23. The molecule has 0 saturated carbocycles. The molecule has 6 heteroatoms. The summed E-state index contributed by atoms with van der Waals surface area (Å²) in [6.45, 7) is 1.78. The van der Waals surface area contributed by atoms with Crippen LogP contribution in [0.4, 0.5) is 10.2 Å². The van der Waals surface area contributed by atoms with Gasteiger partial charge in [0.25, 0.3) is 5.89 Å². The zero-order chi connectivity index (χ0) is 14.1. The van der Waals surface area contributed by atoms with Gasteiger partial charge in [-0.05, 0) is 42.8 Å². The number of nitrogen functional groups attached to an aromatic ring is 1. The number of nitrogens with zero attached hydrogens (tertiary/aromatic N) is 3. The Kier molecular flexibility index (Phi) is 2.90. The predicted molar refractivity (Wildman–Crippen MR) is 72.1 cm³/mol. The van der Waals surface area contributed by atoms with Crippen LogP contribution in [0.25, 0.3) is 23.0 Å². The highest BCUT2D eigenvalue weighted by atomic mass is 19.1. The molecule has 0 aliphatic heterocycles. The molecule has 0 atom stereocenters. The maximum atomic E-state index is 13.1. The number of pyridine rings is 1. The predicted octanol–water partition coefficient (Wildman–Crippen LogP) is 2.83. The van der Waals surface area contributed by atoms with Crippen molar-refractivity contribution in [1.82, 2.24) is 15.1 Å². The largest absolute Gasteiger partial charge is 0.384 e. The van der Waals surface area contributed by atoms with E-state index in [0.29, 0.717) is 22.9 Å². The molecule has 0 fully saturated rings. The molecule has 0 aliphatic rings. The van der Waals surface area contributed by atoms with Crippen LogP contribution in [-0.4, -0.2) is 15.1 Å². The summed E-state index contributed by atoms with van der Waals surface area (Å²) in [5.74, 6) is 0.741. The average Bonchev–Trinajstić information content (AvgIpc) is 2.88. The first-order valence-electron chi connectivity index (χ1n) is 5.96. The fourth-order valence-corrected chi connectivity index (χ4v) is 1.89. The van der Waals surface area contributed by atoms with Gasteiger partial charge in [-0.2, -0.15) is 4.98 Å². The fourth-order valence-electron chi connectivity index (χ4n) is 1.89. The third-order valence-electron chi connectivity index (χ3n) is 2.85. The van der Waals surface area contributed by atoms with Gasteiger partial charge in [-0.15, -0.1) is 0 Å². The number of rotatable bonds is 2. The number of hydrogen-bond acceptors (Lipinski definition) is 5. The fraction of sp³-hybridized carbons (Fsp3) is 0.0714. The van der Waals surface area contributed by atoms with Crippen LogP contribution in [0.2, 0.25) is 0 Å². The Morgan fingerprint density at radius 2 is 2.00 bits per heavy atom. The Morgan fingerprint density at radius 1 is 1.15 bits per heavy atom. The zero-order valence-electron chi connectivity index (χ0n) is 10.7. The van der Waals surface area contributed by atoms with Gasteiger partial charge in [0.2, 0.25) is 5.82 Å². The Hall–Kier alpha value is -2.76. The highest BCUT2D eigenvalue weighted by molar-refractivity contribution is 5.62. The van der Waals surface area contributed by atoms with Gasteiger partial charge in [-0.25, -0.2) is 9.37 Å². The van der Waals surface area contributed by atoms with Gasteiger partial charge in [-0.3, -0.25) is 0 Å². The number of nitrogens with two attached hydrogens (primary N) is 1. The standard InChI is InChI=1S/C14H11FN4O/c1-8-7-9(15)5-6-10(8)13-18-14(20-19-13)11-3-2-4-12(16)17-11/h2-7H,1H3,(H2,16,17). The van der Waals surface area contributed by atoms with E-state index in [9.17, 15) is 4.39 Å². The molecule has 100 valence electrons. The molecular formula is C14H11FN4O. The summed E-state index contributed by atoms with van der Waals surface area (Å²) in [7, 11) is 0. The molecule has 3 rings (SSSR count). The Morgan fingerprint density at radius 3 is 2.75 bits per heavy atom. The average molecular weight is 270 g/mol. The Labute approximate surface area is 114 Å². The number of hydrogen-bond donors (Lipinski definition) is 1. The van der Waals surface area contributed by atoms with Gasteiger partial charge in [-0.1, -0.05) is 11.2 Å². The molecule has 0 bridgehead atoms. The summed E-state index contributed by atoms with van der Waals surface area (Å²) >= 11 is 0. The van der Waals surface area contributed by atoms with Crippen LogP contribution in [-0.2, 0) is 0 Å². The lowest BCUT2D eigenvalue weighted by molar-refractivity contribution is 0.431. The van der Waals surface area contributed by atoms with Gasteiger partial charge < -0.3 is 10.3 Å². The van der Waals surface area contributed by atoms with E-state index in [0.717, 1.165) is 5.56 Å². The SMILES string of the molecule is Cc1cc(F)ccc1-c1noc(-c2cccc(N)n2)n1. The molecule has 2 aromatic heterocycles. The van der Waals surface area contributed by atoms with Crippen molar-refractivity contribution in [2.24, 2.45) is 0 Å². The summed E-state index contributed by atoms with van der Waals surface area (Å²) in [6, 6.07) is 9.55. The second-order valence-corrected chi connectivity index (χ2v) is 4.33. The van der Waals surface area contributed by atoms with E-state index < -0.39 is 0 Å². The van der Waals surface area contributed by atoms with Crippen LogP contribution in [0.1, 0.15) is 5.56 Å². The molecule has 3 aromatic rings. The molecule has 0 amide bonds. The molecule has 2 heterocycles. The van der Waals surface area contributed by atoms with Crippen LogP contribution in [0, 0.1) is 12.7 Å². The molecular weight excluding hydrogens is 259 g/mol. The number of aryl methyl sites for hydroxylation is 1. The van der Waals surface area contributed by atoms with Crippen molar-refractivity contribution in [2.45, 2.75) is 6.92 Å². The lowest BCUT2D eigenvalue weighted by atomic mass is 10.1. The van der Waals surface area contributed by atoms with Gasteiger partial charge in [0.05, 0.1) is 0 Å². The van der Waals surface area contributed by atoms with Crippen LogP contribution in [0.5, 0.6) is 0 Å². The van der Waals surface area contributed by atoms with E-state index in [1.807, 2.05) is 0 Å². The van der Waals surface area contributed by atoms with Gasteiger partial charge in [0.1, 0.15) is 17.3 Å². The summed E-state index contributed by atoms with van der Waals surface area (Å²) in [4.78, 5) is 8.37. The first-order chi connectivity index (χ1) is 9.63. The van der Waals surface area contributed by atoms with Crippen molar-refractivity contribution in [2.75, 3.05) is 5.73 Å². The lowest BCUT2D eigenvalue weighted by Crippen LogP contribution is -1.91.